The maximum Gasteiger partial charge on any atom is 0.412 e. The van der Waals surface area contributed by atoms with Gasteiger partial charge in [-0.05, 0) is 64.3 Å². The zero-order valence-electron chi connectivity index (χ0n) is 20.0. The van der Waals surface area contributed by atoms with E-state index in [0.717, 1.165) is 23.9 Å². The van der Waals surface area contributed by atoms with Crippen LogP contribution in [0.3, 0.4) is 0 Å². The lowest BCUT2D eigenvalue weighted by molar-refractivity contribution is 0.0636. The van der Waals surface area contributed by atoms with Gasteiger partial charge < -0.3 is 9.47 Å². The molecule has 2 aromatic rings. The van der Waals surface area contributed by atoms with Gasteiger partial charge in [0.2, 0.25) is 0 Å². The molecular formula is C24H37N3O3Si. The first-order chi connectivity index (χ1) is 14.4. The van der Waals surface area contributed by atoms with Gasteiger partial charge in [-0.25, -0.2) is 9.48 Å². The molecule has 1 saturated carbocycles. The molecule has 31 heavy (non-hydrogen) atoms. The fraction of sp³-hybridized carbons (Fsp3) is 0.583. The van der Waals surface area contributed by atoms with Gasteiger partial charge in [0, 0.05) is 37.5 Å². The Labute approximate surface area is 187 Å². The highest BCUT2D eigenvalue weighted by Gasteiger charge is 2.31. The second-order valence-electron chi connectivity index (χ2n) is 10.7. The van der Waals surface area contributed by atoms with Gasteiger partial charge in [-0.15, -0.1) is 0 Å². The molecule has 0 atom stereocenters. The number of aromatic nitrogens is 2. The second-order valence-corrected chi connectivity index (χ2v) is 16.3. The fourth-order valence-corrected chi connectivity index (χ4v) is 4.12. The van der Waals surface area contributed by atoms with Crippen LogP contribution in [0.1, 0.15) is 50.9 Å². The van der Waals surface area contributed by atoms with Gasteiger partial charge in [-0.3, -0.25) is 5.32 Å². The molecular weight excluding hydrogens is 406 g/mol. The highest BCUT2D eigenvalue weighted by molar-refractivity contribution is 6.76. The van der Waals surface area contributed by atoms with E-state index in [9.17, 15) is 4.79 Å². The normalized spacial score (nSPS) is 14.5. The predicted molar refractivity (Wildman–Crippen MR) is 128 cm³/mol. The predicted octanol–water partition coefficient (Wildman–Crippen LogP) is 6.40. The van der Waals surface area contributed by atoms with E-state index in [4.69, 9.17) is 14.6 Å². The Kier molecular flexibility index (Phi) is 6.96. The largest absolute Gasteiger partial charge is 0.444 e. The smallest absolute Gasteiger partial charge is 0.412 e. The Hall–Kier alpha value is -2.12. The third-order valence-corrected chi connectivity index (χ3v) is 6.93. The minimum Gasteiger partial charge on any atom is -0.444 e. The molecule has 0 spiro atoms. The molecule has 170 valence electrons. The Bertz CT molecular complexity index is 904. The van der Waals surface area contributed by atoms with Crippen LogP contribution in [0.15, 0.2) is 24.3 Å². The summed E-state index contributed by atoms with van der Waals surface area (Å²) in [5, 5.41) is 7.70. The molecule has 6 nitrogen and oxygen atoms in total. The minimum absolute atomic E-state index is 0.446. The maximum atomic E-state index is 12.0. The lowest BCUT2D eigenvalue weighted by Gasteiger charge is -2.19. The van der Waals surface area contributed by atoms with E-state index in [2.05, 4.69) is 31.9 Å². The molecule has 0 radical (unpaired) electrons. The van der Waals surface area contributed by atoms with Gasteiger partial charge >= 0.3 is 6.09 Å². The fourth-order valence-electron chi connectivity index (χ4n) is 3.37. The summed E-state index contributed by atoms with van der Waals surface area (Å²) in [5.74, 6) is 0.538. The molecule has 0 aliphatic heterocycles. The summed E-state index contributed by atoms with van der Waals surface area (Å²) in [7, 11) is -1.10. The SMILES string of the molecule is Cc1c(-c2ccc(NC(=O)OC(C)(C)C)cc2)c(C2CC2)nn1COCC[Si](C)(C)C. The molecule has 1 heterocycles. The first-order valence-corrected chi connectivity index (χ1v) is 14.9. The number of hydrogen-bond acceptors (Lipinski definition) is 4. The maximum absolute atomic E-state index is 12.0. The van der Waals surface area contributed by atoms with Crippen LogP contribution in [0.4, 0.5) is 10.5 Å². The molecule has 1 N–H and O–H groups in total. The van der Waals surface area contributed by atoms with Crippen molar-refractivity contribution in [2.24, 2.45) is 0 Å². The van der Waals surface area contributed by atoms with Crippen molar-refractivity contribution in [2.45, 2.75) is 84.5 Å². The van der Waals surface area contributed by atoms with Gasteiger partial charge in [0.15, 0.2) is 0 Å². The summed E-state index contributed by atoms with van der Waals surface area (Å²) >= 11 is 0. The van der Waals surface area contributed by atoms with E-state index < -0.39 is 19.8 Å². The van der Waals surface area contributed by atoms with Crippen molar-refractivity contribution in [3.8, 4) is 11.1 Å². The Morgan fingerprint density at radius 3 is 2.39 bits per heavy atom. The van der Waals surface area contributed by atoms with Gasteiger partial charge in [0.25, 0.3) is 0 Å². The third kappa shape index (κ3) is 6.94. The number of anilines is 1. The summed E-state index contributed by atoms with van der Waals surface area (Å²) in [6, 6.07) is 9.06. The summed E-state index contributed by atoms with van der Waals surface area (Å²) in [5.41, 5.74) is 4.79. The molecule has 1 aliphatic rings. The molecule has 3 rings (SSSR count). The monoisotopic (exact) mass is 443 g/mol. The highest BCUT2D eigenvalue weighted by Crippen LogP contribution is 2.45. The van der Waals surface area contributed by atoms with Crippen LogP contribution >= 0.6 is 0 Å². The zero-order chi connectivity index (χ0) is 22.8. The van der Waals surface area contributed by atoms with Crippen LogP contribution in [-0.4, -0.2) is 36.2 Å². The zero-order valence-corrected chi connectivity index (χ0v) is 21.0. The van der Waals surface area contributed by atoms with Crippen molar-refractivity contribution in [2.75, 3.05) is 11.9 Å². The van der Waals surface area contributed by atoms with Crippen LogP contribution in [0, 0.1) is 6.92 Å². The van der Waals surface area contributed by atoms with E-state index in [0.29, 0.717) is 18.3 Å². The number of amides is 1. The van der Waals surface area contributed by atoms with Crippen LogP contribution in [0.5, 0.6) is 0 Å². The van der Waals surface area contributed by atoms with Crippen LogP contribution in [-0.2, 0) is 16.2 Å². The number of hydrogen-bond donors (Lipinski definition) is 1. The van der Waals surface area contributed by atoms with E-state index in [1.54, 1.807) is 0 Å². The van der Waals surface area contributed by atoms with Crippen molar-refractivity contribution >= 4 is 19.9 Å². The number of carbonyl (C=O) groups excluding carboxylic acids is 1. The number of rotatable bonds is 8. The molecule has 0 saturated heterocycles. The van der Waals surface area contributed by atoms with Crippen LogP contribution in [0.25, 0.3) is 11.1 Å². The summed E-state index contributed by atoms with van der Waals surface area (Å²) in [6.45, 7) is 16.0. The van der Waals surface area contributed by atoms with Crippen molar-refractivity contribution in [3.05, 3.63) is 35.7 Å². The summed E-state index contributed by atoms with van der Waals surface area (Å²) in [4.78, 5) is 12.0. The number of ether oxygens (including phenoxy) is 2. The van der Waals surface area contributed by atoms with E-state index >= 15 is 0 Å². The van der Waals surface area contributed by atoms with Crippen molar-refractivity contribution in [1.29, 1.82) is 0 Å². The van der Waals surface area contributed by atoms with Crippen molar-refractivity contribution in [1.82, 2.24) is 9.78 Å². The lowest BCUT2D eigenvalue weighted by atomic mass is 10.0. The molecule has 0 bridgehead atoms. The second kappa shape index (κ2) is 9.16. The quantitative estimate of drug-likeness (QED) is 0.379. The molecule has 0 unspecified atom stereocenters. The van der Waals surface area contributed by atoms with E-state index in [1.165, 1.54) is 24.1 Å². The van der Waals surface area contributed by atoms with Gasteiger partial charge in [-0.2, -0.15) is 5.10 Å². The summed E-state index contributed by atoms with van der Waals surface area (Å²) < 4.78 is 13.3. The van der Waals surface area contributed by atoms with Crippen molar-refractivity contribution in [3.63, 3.8) is 0 Å². The third-order valence-electron chi connectivity index (χ3n) is 5.23. The number of nitrogens with zero attached hydrogens (tertiary/aromatic N) is 2. The Morgan fingerprint density at radius 2 is 1.84 bits per heavy atom. The number of nitrogens with one attached hydrogen (secondary N) is 1. The minimum atomic E-state index is -1.10. The van der Waals surface area contributed by atoms with Crippen LogP contribution < -0.4 is 5.32 Å². The average Bonchev–Trinajstić information content (AvgIpc) is 3.42. The van der Waals surface area contributed by atoms with E-state index in [-0.39, 0.29) is 0 Å². The molecule has 1 fully saturated rings. The van der Waals surface area contributed by atoms with Gasteiger partial charge in [-0.1, -0.05) is 31.8 Å². The van der Waals surface area contributed by atoms with Crippen molar-refractivity contribution < 1.29 is 14.3 Å². The van der Waals surface area contributed by atoms with Gasteiger partial charge in [0.1, 0.15) is 12.3 Å². The highest BCUT2D eigenvalue weighted by atomic mass is 28.3. The molecule has 1 amide bonds. The van der Waals surface area contributed by atoms with E-state index in [1.807, 2.05) is 49.7 Å². The van der Waals surface area contributed by atoms with Crippen LogP contribution in [0.2, 0.25) is 25.7 Å². The summed E-state index contributed by atoms with van der Waals surface area (Å²) in [6.07, 6.45) is 1.94. The lowest BCUT2D eigenvalue weighted by Crippen LogP contribution is -2.27. The number of carbonyl (C=O) groups is 1. The van der Waals surface area contributed by atoms with Gasteiger partial charge in [0.05, 0.1) is 5.69 Å². The topological polar surface area (TPSA) is 65.4 Å². The number of benzene rings is 1. The first kappa shape index (κ1) is 23.5. The molecule has 1 aromatic heterocycles. The standard InChI is InChI=1S/C24H37N3O3Si/c1-17-21(18-10-12-20(13-11-18)25-23(28)30-24(2,3)4)22(19-8-9-19)26-27(17)16-29-14-15-31(5,6)7/h10-13,19H,8-9,14-16H2,1-7H3,(H,25,28). The average molecular weight is 444 g/mol. The molecule has 1 aromatic carbocycles. The first-order valence-electron chi connectivity index (χ1n) is 11.2. The molecule has 7 heteroatoms. The Balaban J connectivity index is 1.72. The Morgan fingerprint density at radius 1 is 1.19 bits per heavy atom. The molecule has 1 aliphatic carbocycles.